The Morgan fingerprint density at radius 1 is 1.32 bits per heavy atom. The normalized spacial score (nSPS) is 22.2. The number of aryl methyl sites for hydroxylation is 2. The predicted octanol–water partition coefficient (Wildman–Crippen LogP) is 1.17. The largest absolute Gasteiger partial charge is 0.381 e. The molecule has 0 bridgehead atoms. The summed E-state index contributed by atoms with van der Waals surface area (Å²) in [6.07, 6.45) is 3.44. The van der Waals surface area contributed by atoms with E-state index in [1.54, 1.807) is 6.20 Å². The van der Waals surface area contributed by atoms with Crippen molar-refractivity contribution in [1.82, 2.24) is 14.9 Å². The van der Waals surface area contributed by atoms with Gasteiger partial charge in [0.05, 0.1) is 11.4 Å². The number of amides is 1. The molecule has 120 valence electrons. The van der Waals surface area contributed by atoms with Gasteiger partial charge in [-0.3, -0.25) is 9.78 Å². The summed E-state index contributed by atoms with van der Waals surface area (Å²) in [5, 5.41) is 0. The van der Waals surface area contributed by atoms with E-state index in [0.29, 0.717) is 12.3 Å². The van der Waals surface area contributed by atoms with Crippen LogP contribution in [-0.4, -0.2) is 60.2 Å². The number of piperazine rings is 1. The molecule has 0 radical (unpaired) electrons. The molecule has 0 N–H and O–H groups in total. The summed E-state index contributed by atoms with van der Waals surface area (Å²) in [4.78, 5) is 25.5. The molecule has 0 aliphatic carbocycles. The summed E-state index contributed by atoms with van der Waals surface area (Å²) < 4.78 is 5.35. The minimum Gasteiger partial charge on any atom is -0.381 e. The van der Waals surface area contributed by atoms with E-state index < -0.39 is 0 Å². The molecule has 0 unspecified atom stereocenters. The van der Waals surface area contributed by atoms with Crippen LogP contribution in [0.4, 0.5) is 5.82 Å². The Morgan fingerprint density at radius 3 is 2.77 bits per heavy atom. The zero-order valence-corrected chi connectivity index (χ0v) is 13.4. The van der Waals surface area contributed by atoms with Crippen molar-refractivity contribution in [1.29, 1.82) is 0 Å². The number of carbonyl (C=O) groups excluding carboxylic acids is 1. The Balaban J connectivity index is 1.55. The Kier molecular flexibility index (Phi) is 4.57. The monoisotopic (exact) mass is 304 g/mol. The molecule has 6 heteroatoms. The van der Waals surface area contributed by atoms with E-state index >= 15 is 0 Å². The fraction of sp³-hybridized carbons (Fsp3) is 0.688. The molecule has 6 nitrogen and oxygen atoms in total. The van der Waals surface area contributed by atoms with Gasteiger partial charge in [0, 0.05) is 52.0 Å². The van der Waals surface area contributed by atoms with E-state index in [9.17, 15) is 4.79 Å². The number of aromatic nitrogens is 2. The van der Waals surface area contributed by atoms with Crippen molar-refractivity contribution in [2.75, 3.05) is 44.3 Å². The first-order valence-electron chi connectivity index (χ1n) is 8.04. The van der Waals surface area contributed by atoms with E-state index in [1.807, 2.05) is 18.7 Å². The first-order chi connectivity index (χ1) is 10.6. The summed E-state index contributed by atoms with van der Waals surface area (Å²) in [5.41, 5.74) is 1.88. The lowest BCUT2D eigenvalue weighted by Crippen LogP contribution is -2.49. The summed E-state index contributed by atoms with van der Waals surface area (Å²) in [7, 11) is 0. The fourth-order valence-electron chi connectivity index (χ4n) is 3.11. The van der Waals surface area contributed by atoms with E-state index in [0.717, 1.165) is 63.0 Å². The molecule has 2 aliphatic heterocycles. The summed E-state index contributed by atoms with van der Waals surface area (Å²) >= 11 is 0. The predicted molar refractivity (Wildman–Crippen MR) is 83.8 cm³/mol. The Hall–Kier alpha value is -1.69. The maximum absolute atomic E-state index is 12.3. The van der Waals surface area contributed by atoms with E-state index in [4.69, 9.17) is 4.74 Å². The molecule has 1 aromatic heterocycles. The van der Waals surface area contributed by atoms with Crippen molar-refractivity contribution < 1.29 is 9.53 Å². The Labute approximate surface area is 131 Å². The lowest BCUT2D eigenvalue weighted by atomic mass is 10.0. The van der Waals surface area contributed by atoms with Crippen LogP contribution < -0.4 is 4.90 Å². The van der Waals surface area contributed by atoms with Gasteiger partial charge in [-0.25, -0.2) is 4.98 Å². The van der Waals surface area contributed by atoms with Crippen molar-refractivity contribution in [3.63, 3.8) is 0 Å². The molecule has 2 saturated heterocycles. The number of nitrogens with zero attached hydrogens (tertiary/aromatic N) is 4. The van der Waals surface area contributed by atoms with E-state index in [-0.39, 0.29) is 5.91 Å². The number of rotatable bonds is 3. The molecular weight excluding hydrogens is 280 g/mol. The number of hydrogen-bond acceptors (Lipinski definition) is 5. The molecule has 3 rings (SSSR count). The van der Waals surface area contributed by atoms with E-state index in [2.05, 4.69) is 14.9 Å². The van der Waals surface area contributed by atoms with Crippen LogP contribution >= 0.6 is 0 Å². The van der Waals surface area contributed by atoms with Crippen molar-refractivity contribution in [2.24, 2.45) is 5.92 Å². The molecule has 3 heterocycles. The third kappa shape index (κ3) is 3.38. The van der Waals surface area contributed by atoms with Crippen molar-refractivity contribution in [3.05, 3.63) is 17.6 Å². The number of carbonyl (C=O) groups is 1. The molecule has 22 heavy (non-hydrogen) atoms. The molecule has 0 spiro atoms. The second-order valence-electron chi connectivity index (χ2n) is 6.22. The highest BCUT2D eigenvalue weighted by molar-refractivity contribution is 5.76. The zero-order valence-electron chi connectivity index (χ0n) is 13.4. The van der Waals surface area contributed by atoms with Crippen LogP contribution in [0, 0.1) is 19.8 Å². The molecule has 1 atom stereocenters. The fourth-order valence-corrected chi connectivity index (χ4v) is 3.11. The number of hydrogen-bond donors (Lipinski definition) is 0. The van der Waals surface area contributed by atoms with Gasteiger partial charge in [-0.1, -0.05) is 0 Å². The van der Waals surface area contributed by atoms with Crippen LogP contribution in [0.1, 0.15) is 24.2 Å². The lowest BCUT2D eigenvalue weighted by Gasteiger charge is -2.36. The molecule has 0 saturated carbocycles. The molecule has 1 amide bonds. The Bertz CT molecular complexity index is 535. The molecular formula is C16H24N4O2. The SMILES string of the molecule is Cc1cnc(C)c(N2CCN(C(=O)C[C@H]3CCOC3)CC2)n1. The zero-order chi connectivity index (χ0) is 15.5. The summed E-state index contributed by atoms with van der Waals surface area (Å²) in [5.74, 6) is 1.63. The van der Waals surface area contributed by atoms with Gasteiger partial charge in [0.1, 0.15) is 5.82 Å². The maximum Gasteiger partial charge on any atom is 0.223 e. The Morgan fingerprint density at radius 2 is 2.09 bits per heavy atom. The van der Waals surface area contributed by atoms with Crippen LogP contribution in [0.3, 0.4) is 0 Å². The second kappa shape index (κ2) is 6.60. The van der Waals surface area contributed by atoms with E-state index in [1.165, 1.54) is 0 Å². The van der Waals surface area contributed by atoms with Crippen LogP contribution in [0.5, 0.6) is 0 Å². The van der Waals surface area contributed by atoms with Gasteiger partial charge in [-0.05, 0) is 26.2 Å². The van der Waals surface area contributed by atoms with Gasteiger partial charge in [0.15, 0.2) is 0 Å². The van der Waals surface area contributed by atoms with Gasteiger partial charge in [-0.15, -0.1) is 0 Å². The van der Waals surface area contributed by atoms with Gasteiger partial charge in [0.2, 0.25) is 5.91 Å². The standard InChI is InChI=1S/C16H24N4O2/c1-12-10-17-13(2)16(18-12)20-6-4-19(5-7-20)15(21)9-14-3-8-22-11-14/h10,14H,3-9,11H2,1-2H3/t14-/m1/s1. The minimum atomic E-state index is 0.266. The molecule has 0 aromatic carbocycles. The first-order valence-corrected chi connectivity index (χ1v) is 8.04. The minimum absolute atomic E-state index is 0.266. The maximum atomic E-state index is 12.3. The van der Waals surface area contributed by atoms with Gasteiger partial charge >= 0.3 is 0 Å². The van der Waals surface area contributed by atoms with Crippen LogP contribution in [0.25, 0.3) is 0 Å². The quantitative estimate of drug-likeness (QED) is 0.839. The highest BCUT2D eigenvalue weighted by atomic mass is 16.5. The van der Waals surface area contributed by atoms with Crippen molar-refractivity contribution >= 4 is 11.7 Å². The van der Waals surface area contributed by atoms with Gasteiger partial charge in [-0.2, -0.15) is 0 Å². The second-order valence-corrected chi connectivity index (χ2v) is 6.22. The summed E-state index contributed by atoms with van der Waals surface area (Å²) in [6, 6.07) is 0. The highest BCUT2D eigenvalue weighted by Crippen LogP contribution is 2.20. The number of ether oxygens (including phenoxy) is 1. The molecule has 2 aliphatic rings. The van der Waals surface area contributed by atoms with Crippen LogP contribution in [-0.2, 0) is 9.53 Å². The van der Waals surface area contributed by atoms with Gasteiger partial charge < -0.3 is 14.5 Å². The van der Waals surface area contributed by atoms with Crippen LogP contribution in [0.15, 0.2) is 6.20 Å². The molecule has 1 aromatic rings. The third-order valence-electron chi connectivity index (χ3n) is 4.47. The highest BCUT2D eigenvalue weighted by Gasteiger charge is 2.26. The smallest absolute Gasteiger partial charge is 0.223 e. The molecule has 2 fully saturated rings. The van der Waals surface area contributed by atoms with Crippen molar-refractivity contribution in [3.8, 4) is 0 Å². The van der Waals surface area contributed by atoms with Crippen molar-refractivity contribution in [2.45, 2.75) is 26.7 Å². The lowest BCUT2D eigenvalue weighted by molar-refractivity contribution is -0.132. The first kappa shape index (κ1) is 15.2. The summed E-state index contributed by atoms with van der Waals surface area (Å²) in [6.45, 7) is 8.67. The van der Waals surface area contributed by atoms with Gasteiger partial charge in [0.25, 0.3) is 0 Å². The average molecular weight is 304 g/mol. The third-order valence-corrected chi connectivity index (χ3v) is 4.47. The van der Waals surface area contributed by atoms with Crippen LogP contribution in [0.2, 0.25) is 0 Å². The number of anilines is 1. The average Bonchev–Trinajstić information content (AvgIpc) is 3.03. The topological polar surface area (TPSA) is 58.6 Å².